The fourth-order valence-electron chi connectivity index (χ4n) is 5.29. The van der Waals surface area contributed by atoms with Gasteiger partial charge in [0.15, 0.2) is 11.6 Å². The molecule has 0 radical (unpaired) electrons. The summed E-state index contributed by atoms with van der Waals surface area (Å²) in [7, 11) is 0. The first-order chi connectivity index (χ1) is 19.1. The second-order valence-corrected chi connectivity index (χ2v) is 9.89. The summed E-state index contributed by atoms with van der Waals surface area (Å²) in [6, 6.07) is 40.3. The van der Waals surface area contributed by atoms with E-state index in [1.54, 1.807) is 6.20 Å². The van der Waals surface area contributed by atoms with Gasteiger partial charge in [-0.15, -0.1) is 5.10 Å². The van der Waals surface area contributed by atoms with Crippen molar-refractivity contribution < 1.29 is 0 Å². The van der Waals surface area contributed by atoms with E-state index in [9.17, 15) is 0 Å². The van der Waals surface area contributed by atoms with Crippen LogP contribution in [-0.4, -0.2) is 14.8 Å². The smallest absolute Gasteiger partial charge is 0.160 e. The molecular formula is C35H30N4. The van der Waals surface area contributed by atoms with Gasteiger partial charge in [0.25, 0.3) is 0 Å². The second kappa shape index (κ2) is 10.4. The van der Waals surface area contributed by atoms with Crippen LogP contribution >= 0.6 is 0 Å². The van der Waals surface area contributed by atoms with Crippen molar-refractivity contribution in [2.75, 3.05) is 4.90 Å². The van der Waals surface area contributed by atoms with Crippen molar-refractivity contribution in [3.63, 3.8) is 0 Å². The first-order valence-corrected chi connectivity index (χ1v) is 13.2. The zero-order valence-electron chi connectivity index (χ0n) is 22.4. The average Bonchev–Trinajstić information content (AvgIpc) is 3.46. The maximum absolute atomic E-state index is 5.02. The van der Waals surface area contributed by atoms with Gasteiger partial charge in [-0.05, 0) is 84.5 Å². The minimum Gasteiger partial charge on any atom is -0.293 e. The summed E-state index contributed by atoms with van der Waals surface area (Å²) in [5.74, 6) is 1.61. The lowest BCUT2D eigenvalue weighted by atomic mass is 9.96. The molecule has 0 saturated carbocycles. The highest BCUT2D eigenvalue weighted by molar-refractivity contribution is 5.85. The summed E-state index contributed by atoms with van der Waals surface area (Å²) < 4.78 is 1.83. The Bertz CT molecular complexity index is 1640. The molecule has 39 heavy (non-hydrogen) atoms. The van der Waals surface area contributed by atoms with Gasteiger partial charge in [-0.1, -0.05) is 84.4 Å². The Morgan fingerprint density at radius 3 is 1.74 bits per heavy atom. The molecule has 190 valence electrons. The van der Waals surface area contributed by atoms with E-state index in [0.29, 0.717) is 0 Å². The van der Waals surface area contributed by atoms with Crippen LogP contribution in [0.25, 0.3) is 28.1 Å². The second-order valence-electron chi connectivity index (χ2n) is 9.89. The number of hydrogen-bond donors (Lipinski definition) is 0. The van der Waals surface area contributed by atoms with Crippen LogP contribution in [0.5, 0.6) is 0 Å². The van der Waals surface area contributed by atoms with Gasteiger partial charge < -0.3 is 0 Å². The third-order valence-electron chi connectivity index (χ3n) is 6.94. The van der Waals surface area contributed by atoms with Crippen molar-refractivity contribution in [1.29, 1.82) is 0 Å². The molecule has 2 heterocycles. The molecule has 0 N–H and O–H groups in total. The van der Waals surface area contributed by atoms with E-state index in [-0.39, 0.29) is 0 Å². The molecule has 0 unspecified atom stereocenters. The highest BCUT2D eigenvalue weighted by atomic mass is 15.4. The topological polar surface area (TPSA) is 34.0 Å². The Balaban J connectivity index is 1.60. The van der Waals surface area contributed by atoms with E-state index in [2.05, 4.69) is 128 Å². The fraction of sp³-hybridized carbons (Fsp3) is 0.0857. The van der Waals surface area contributed by atoms with E-state index in [4.69, 9.17) is 5.10 Å². The lowest BCUT2D eigenvalue weighted by molar-refractivity contribution is 0.844. The predicted octanol–water partition coefficient (Wildman–Crippen LogP) is 9.00. The number of aryl methyl sites for hydroxylation is 3. The molecule has 0 spiro atoms. The van der Waals surface area contributed by atoms with Crippen molar-refractivity contribution in [1.82, 2.24) is 14.8 Å². The standard InChI is InChI=1S/C35H30N4/c1-25-20-26(2)35(27(3)21-25)39(34-17-19-38(37-34)33-16-10-11-18-36-33)32-23-30(28-12-6-4-7-13-28)22-31(24-32)29-14-8-5-9-15-29/h4-24H,1-3H3. The third-order valence-corrected chi connectivity index (χ3v) is 6.94. The van der Waals surface area contributed by atoms with Crippen molar-refractivity contribution in [3.05, 3.63) is 144 Å². The number of aromatic nitrogens is 3. The van der Waals surface area contributed by atoms with Gasteiger partial charge in [0.2, 0.25) is 0 Å². The predicted molar refractivity (Wildman–Crippen MR) is 161 cm³/mol. The van der Waals surface area contributed by atoms with Crippen LogP contribution < -0.4 is 4.90 Å². The first kappa shape index (κ1) is 24.4. The molecule has 0 saturated heterocycles. The molecule has 0 amide bonds. The number of nitrogens with zero attached hydrogens (tertiary/aromatic N) is 4. The molecule has 0 aliphatic heterocycles. The summed E-state index contributed by atoms with van der Waals surface area (Å²) in [4.78, 5) is 6.78. The van der Waals surface area contributed by atoms with Crippen molar-refractivity contribution in [2.24, 2.45) is 0 Å². The van der Waals surface area contributed by atoms with Gasteiger partial charge in [0, 0.05) is 24.1 Å². The maximum Gasteiger partial charge on any atom is 0.160 e. The van der Waals surface area contributed by atoms with E-state index >= 15 is 0 Å². The summed E-state index contributed by atoms with van der Waals surface area (Å²) in [6.45, 7) is 6.50. The minimum atomic E-state index is 0.782. The summed E-state index contributed by atoms with van der Waals surface area (Å²) in [5, 5.41) is 5.02. The fourth-order valence-corrected chi connectivity index (χ4v) is 5.29. The van der Waals surface area contributed by atoms with Gasteiger partial charge in [-0.3, -0.25) is 4.90 Å². The molecule has 4 heteroatoms. The molecule has 4 nitrogen and oxygen atoms in total. The van der Waals surface area contributed by atoms with E-state index in [1.807, 2.05) is 29.1 Å². The maximum atomic E-state index is 5.02. The molecule has 4 aromatic carbocycles. The SMILES string of the molecule is Cc1cc(C)c(N(c2cc(-c3ccccc3)cc(-c3ccccc3)c2)c2ccn(-c3ccccn3)n2)c(C)c1. The number of anilines is 3. The first-order valence-electron chi connectivity index (χ1n) is 13.2. The van der Waals surface area contributed by atoms with Crippen molar-refractivity contribution in [2.45, 2.75) is 20.8 Å². The van der Waals surface area contributed by atoms with Crippen LogP contribution in [0.2, 0.25) is 0 Å². The van der Waals surface area contributed by atoms with E-state index in [1.165, 1.54) is 27.8 Å². The largest absolute Gasteiger partial charge is 0.293 e. The van der Waals surface area contributed by atoms with Gasteiger partial charge in [0.1, 0.15) is 0 Å². The molecule has 0 fully saturated rings. The molecule has 0 bridgehead atoms. The molecule has 2 aromatic heterocycles. The van der Waals surface area contributed by atoms with Crippen molar-refractivity contribution >= 4 is 17.2 Å². The molecule has 0 aliphatic carbocycles. The summed E-state index contributed by atoms with van der Waals surface area (Å²) in [5.41, 5.74) is 10.5. The number of hydrogen-bond acceptors (Lipinski definition) is 3. The Morgan fingerprint density at radius 2 is 1.18 bits per heavy atom. The van der Waals surface area contributed by atoms with Crippen LogP contribution in [0, 0.1) is 20.8 Å². The van der Waals surface area contributed by atoms with Gasteiger partial charge in [0.05, 0.1) is 5.69 Å². The highest BCUT2D eigenvalue weighted by Gasteiger charge is 2.21. The Morgan fingerprint density at radius 1 is 0.590 bits per heavy atom. The Kier molecular flexibility index (Phi) is 6.52. The van der Waals surface area contributed by atoms with Gasteiger partial charge in [-0.2, -0.15) is 0 Å². The van der Waals surface area contributed by atoms with Gasteiger partial charge in [-0.25, -0.2) is 9.67 Å². The van der Waals surface area contributed by atoms with E-state index < -0.39 is 0 Å². The van der Waals surface area contributed by atoms with Crippen LogP contribution in [0.4, 0.5) is 17.2 Å². The van der Waals surface area contributed by atoms with E-state index in [0.717, 1.165) is 34.1 Å². The molecule has 6 aromatic rings. The van der Waals surface area contributed by atoms with Crippen LogP contribution in [0.15, 0.2) is 128 Å². The molecular weight excluding hydrogens is 476 g/mol. The monoisotopic (exact) mass is 506 g/mol. The summed E-state index contributed by atoms with van der Waals surface area (Å²) in [6.07, 6.45) is 3.76. The molecule has 0 aliphatic rings. The van der Waals surface area contributed by atoms with Crippen LogP contribution in [0.1, 0.15) is 16.7 Å². The quantitative estimate of drug-likeness (QED) is 0.226. The zero-order chi connectivity index (χ0) is 26.8. The lowest BCUT2D eigenvalue weighted by Gasteiger charge is -2.28. The normalized spacial score (nSPS) is 10.9. The Hall–Kier alpha value is -4.96. The highest BCUT2D eigenvalue weighted by Crippen LogP contribution is 2.42. The zero-order valence-corrected chi connectivity index (χ0v) is 22.4. The van der Waals surface area contributed by atoms with Gasteiger partial charge >= 0.3 is 0 Å². The number of benzene rings is 4. The number of rotatable bonds is 6. The molecule has 6 rings (SSSR count). The van der Waals surface area contributed by atoms with Crippen LogP contribution in [-0.2, 0) is 0 Å². The average molecular weight is 507 g/mol. The third kappa shape index (κ3) is 4.97. The number of pyridine rings is 1. The Labute approximate surface area is 229 Å². The summed E-state index contributed by atoms with van der Waals surface area (Å²) >= 11 is 0. The van der Waals surface area contributed by atoms with Crippen molar-refractivity contribution in [3.8, 4) is 28.1 Å². The minimum absolute atomic E-state index is 0.782. The van der Waals surface area contributed by atoms with Crippen LogP contribution in [0.3, 0.4) is 0 Å². The molecule has 0 atom stereocenters. The lowest BCUT2D eigenvalue weighted by Crippen LogP contribution is -2.14.